The number of hydrogen-bond donors (Lipinski definition) is 0. The molecule has 170 valence electrons. The first kappa shape index (κ1) is 24.7. The maximum atomic E-state index is 6.38. The molecule has 0 bridgehead atoms. The molecule has 3 aromatic carbocycles. The van der Waals surface area contributed by atoms with Crippen molar-refractivity contribution in [2.75, 3.05) is 7.11 Å². The van der Waals surface area contributed by atoms with Crippen LogP contribution in [0.4, 0.5) is 0 Å². The van der Waals surface area contributed by atoms with E-state index in [0.29, 0.717) is 6.61 Å². The van der Waals surface area contributed by atoms with E-state index in [2.05, 4.69) is 89.8 Å². The molecule has 0 N–H and O–H groups in total. The maximum absolute atomic E-state index is 6.38. The molecule has 4 aromatic rings. The fourth-order valence-corrected chi connectivity index (χ4v) is 3.81. The van der Waals surface area contributed by atoms with Gasteiger partial charge in [0.05, 0.1) is 13.7 Å². The molecule has 0 atom stereocenters. The number of aromatic nitrogens is 1. The van der Waals surface area contributed by atoms with E-state index in [1.165, 1.54) is 22.3 Å². The maximum Gasteiger partial charge on any atom is 0.169 e. The van der Waals surface area contributed by atoms with E-state index in [1.54, 1.807) is 7.11 Å². The predicted molar refractivity (Wildman–Crippen MR) is 127 cm³/mol. The molecule has 0 unspecified atom stereocenters. The highest BCUT2D eigenvalue weighted by Gasteiger charge is 2.14. The van der Waals surface area contributed by atoms with E-state index in [4.69, 9.17) is 9.47 Å². The van der Waals surface area contributed by atoms with Gasteiger partial charge in [-0.05, 0) is 40.8 Å². The molecule has 0 aliphatic carbocycles. The van der Waals surface area contributed by atoms with Crippen LogP contribution in [-0.2, 0) is 24.3 Å². The molecule has 4 heteroatoms. The Labute approximate surface area is 207 Å². The lowest BCUT2D eigenvalue weighted by Crippen LogP contribution is -3.00. The largest absolute Gasteiger partial charge is 1.00 e. The van der Waals surface area contributed by atoms with Gasteiger partial charge in [-0.2, -0.15) is 0 Å². The molecule has 0 saturated carbocycles. The number of hydrogen-bond acceptors (Lipinski definition) is 2. The summed E-state index contributed by atoms with van der Waals surface area (Å²) in [4.78, 5) is 0. The van der Waals surface area contributed by atoms with E-state index in [9.17, 15) is 0 Å². The van der Waals surface area contributed by atoms with Crippen molar-refractivity contribution in [1.82, 2.24) is 0 Å². The number of nitrogens with zero attached hydrogens (tertiary/aromatic N) is 1. The summed E-state index contributed by atoms with van der Waals surface area (Å²) in [6.07, 6.45) is 6.36. The van der Waals surface area contributed by atoms with Gasteiger partial charge in [0.25, 0.3) is 0 Å². The molecule has 0 fully saturated rings. The summed E-state index contributed by atoms with van der Waals surface area (Å²) in [5, 5.41) is 0. The van der Waals surface area contributed by atoms with Gasteiger partial charge in [0.2, 0.25) is 0 Å². The molecule has 0 amide bonds. The highest BCUT2D eigenvalue weighted by atomic mass is 79.9. The summed E-state index contributed by atoms with van der Waals surface area (Å²) in [5.41, 5.74) is 4.85. The molecule has 3 nitrogen and oxygen atoms in total. The van der Waals surface area contributed by atoms with Gasteiger partial charge in [0, 0.05) is 18.6 Å². The Morgan fingerprint density at radius 2 is 1.27 bits per heavy atom. The molecule has 1 aromatic heterocycles. The molecule has 0 saturated heterocycles. The standard InChI is InChI=1S/C29H30NO2.BrH/c1-31-28-16-14-24(15-17-28)9-8-20-30-21-18-25(19-22-30)23-32-29(26-10-4-2-5-11-26)27-12-6-3-7-13-27;/h2-7,10-19,21-22,29H,8-9,20,23H2,1H3;1H/q+1;/p-1. The van der Waals surface area contributed by atoms with Crippen LogP contribution in [0.15, 0.2) is 109 Å². The fraction of sp³-hybridized carbons (Fsp3) is 0.207. The van der Waals surface area contributed by atoms with Gasteiger partial charge in [-0.1, -0.05) is 72.8 Å². The Bertz CT molecular complexity index is 1030. The number of methoxy groups -OCH3 is 1. The summed E-state index contributed by atoms with van der Waals surface area (Å²) in [7, 11) is 1.70. The van der Waals surface area contributed by atoms with Crippen molar-refractivity contribution in [2.45, 2.75) is 32.1 Å². The first-order valence-electron chi connectivity index (χ1n) is 11.1. The van der Waals surface area contributed by atoms with Crippen LogP contribution >= 0.6 is 0 Å². The molecule has 0 radical (unpaired) electrons. The molecule has 0 spiro atoms. The van der Waals surface area contributed by atoms with Gasteiger partial charge in [0.15, 0.2) is 12.4 Å². The molecular weight excluding hydrogens is 474 g/mol. The third kappa shape index (κ3) is 7.28. The minimum absolute atomic E-state index is 0. The minimum atomic E-state index is -0.0748. The monoisotopic (exact) mass is 503 g/mol. The number of ether oxygens (including phenoxy) is 2. The average Bonchev–Trinajstić information content (AvgIpc) is 2.87. The molecule has 33 heavy (non-hydrogen) atoms. The molecule has 0 aliphatic rings. The Kier molecular flexibility index (Phi) is 9.67. The summed E-state index contributed by atoms with van der Waals surface area (Å²) >= 11 is 0. The van der Waals surface area contributed by atoms with E-state index >= 15 is 0 Å². The normalized spacial score (nSPS) is 10.6. The number of benzene rings is 3. The Hall–Kier alpha value is -2.95. The quantitative estimate of drug-likeness (QED) is 0.310. The van der Waals surface area contributed by atoms with Crippen LogP contribution in [0.25, 0.3) is 0 Å². The fourth-order valence-electron chi connectivity index (χ4n) is 3.81. The zero-order valence-corrected chi connectivity index (χ0v) is 20.5. The first-order chi connectivity index (χ1) is 15.8. The molecule has 4 rings (SSSR count). The van der Waals surface area contributed by atoms with E-state index in [0.717, 1.165) is 25.1 Å². The summed E-state index contributed by atoms with van der Waals surface area (Å²) < 4.78 is 13.8. The van der Waals surface area contributed by atoms with Crippen LogP contribution in [0.3, 0.4) is 0 Å². The number of rotatable bonds is 10. The number of pyridine rings is 1. The second kappa shape index (κ2) is 12.9. The lowest BCUT2D eigenvalue weighted by molar-refractivity contribution is -0.697. The van der Waals surface area contributed by atoms with Crippen molar-refractivity contribution in [3.63, 3.8) is 0 Å². The zero-order valence-electron chi connectivity index (χ0n) is 18.9. The minimum Gasteiger partial charge on any atom is -1.00 e. The first-order valence-corrected chi connectivity index (χ1v) is 11.1. The third-order valence-corrected chi connectivity index (χ3v) is 5.62. The third-order valence-electron chi connectivity index (χ3n) is 5.62. The lowest BCUT2D eigenvalue weighted by Gasteiger charge is -2.19. The van der Waals surface area contributed by atoms with Crippen molar-refractivity contribution in [1.29, 1.82) is 0 Å². The molecule has 1 heterocycles. The van der Waals surface area contributed by atoms with Crippen LogP contribution in [0, 0.1) is 0 Å². The predicted octanol–water partition coefficient (Wildman–Crippen LogP) is 2.93. The highest BCUT2D eigenvalue weighted by molar-refractivity contribution is 5.30. The van der Waals surface area contributed by atoms with Crippen LogP contribution in [0.1, 0.15) is 34.8 Å². The van der Waals surface area contributed by atoms with Crippen molar-refractivity contribution in [3.8, 4) is 5.75 Å². The van der Waals surface area contributed by atoms with Crippen LogP contribution in [0.2, 0.25) is 0 Å². The highest BCUT2D eigenvalue weighted by Crippen LogP contribution is 2.26. The van der Waals surface area contributed by atoms with Gasteiger partial charge < -0.3 is 26.5 Å². The van der Waals surface area contributed by atoms with Crippen molar-refractivity contribution in [2.24, 2.45) is 0 Å². The van der Waals surface area contributed by atoms with Gasteiger partial charge in [0.1, 0.15) is 18.4 Å². The number of halogens is 1. The van der Waals surface area contributed by atoms with Gasteiger partial charge >= 0.3 is 0 Å². The second-order valence-corrected chi connectivity index (χ2v) is 7.91. The van der Waals surface area contributed by atoms with Crippen molar-refractivity contribution in [3.05, 3.63) is 132 Å². The average molecular weight is 504 g/mol. The second-order valence-electron chi connectivity index (χ2n) is 7.91. The Morgan fingerprint density at radius 1 is 0.697 bits per heavy atom. The van der Waals surface area contributed by atoms with Gasteiger partial charge in [-0.25, -0.2) is 4.57 Å². The SMILES string of the molecule is COc1ccc(CCC[n+]2ccc(COC(c3ccccc3)c3ccccc3)cc2)cc1.[Br-]. The smallest absolute Gasteiger partial charge is 0.169 e. The van der Waals surface area contributed by atoms with Crippen molar-refractivity contribution < 1.29 is 31.0 Å². The summed E-state index contributed by atoms with van der Waals surface area (Å²) in [5.74, 6) is 0.905. The summed E-state index contributed by atoms with van der Waals surface area (Å²) in [6.45, 7) is 1.56. The topological polar surface area (TPSA) is 22.3 Å². The van der Waals surface area contributed by atoms with Crippen LogP contribution in [0.5, 0.6) is 5.75 Å². The molecule has 0 aliphatic heterocycles. The number of aryl methyl sites for hydroxylation is 2. The van der Waals surface area contributed by atoms with E-state index < -0.39 is 0 Å². The van der Waals surface area contributed by atoms with Gasteiger partial charge in [-0.15, -0.1) is 0 Å². The molecular formula is C29H30BrNO2. The van der Waals surface area contributed by atoms with Crippen LogP contribution < -0.4 is 26.3 Å². The Balaban J connectivity index is 0.00000306. The van der Waals surface area contributed by atoms with Crippen LogP contribution in [-0.4, -0.2) is 7.11 Å². The summed E-state index contributed by atoms with van der Waals surface area (Å²) in [6, 6.07) is 33.4. The van der Waals surface area contributed by atoms with E-state index in [1.807, 2.05) is 24.3 Å². The lowest BCUT2D eigenvalue weighted by atomic mass is 10.0. The Morgan fingerprint density at radius 3 is 1.82 bits per heavy atom. The van der Waals surface area contributed by atoms with E-state index in [-0.39, 0.29) is 23.1 Å². The van der Waals surface area contributed by atoms with Gasteiger partial charge in [-0.3, -0.25) is 0 Å². The zero-order chi connectivity index (χ0) is 22.0. The van der Waals surface area contributed by atoms with Crippen molar-refractivity contribution >= 4 is 0 Å².